The van der Waals surface area contributed by atoms with Crippen molar-refractivity contribution in [1.29, 1.82) is 0 Å². The highest BCUT2D eigenvalue weighted by Gasteiger charge is 2.35. The van der Waals surface area contributed by atoms with Gasteiger partial charge in [0.1, 0.15) is 0 Å². The topological polar surface area (TPSA) is 60.7 Å². The molecule has 1 fully saturated rings. The van der Waals surface area contributed by atoms with Crippen LogP contribution in [-0.4, -0.2) is 21.4 Å². The summed E-state index contributed by atoms with van der Waals surface area (Å²) in [6.07, 6.45) is 10.5. The zero-order valence-electron chi connectivity index (χ0n) is 20.2. The van der Waals surface area contributed by atoms with Crippen molar-refractivity contribution in [2.45, 2.75) is 91.0 Å². The Balaban J connectivity index is 1.79. The van der Waals surface area contributed by atoms with Crippen LogP contribution in [0.15, 0.2) is 42.5 Å². The highest BCUT2D eigenvalue weighted by atomic mass is 16.3. The third-order valence-corrected chi connectivity index (χ3v) is 7.29. The van der Waals surface area contributed by atoms with Gasteiger partial charge in [-0.05, 0) is 76.8 Å². The maximum Gasteiger partial charge on any atom is 0.0772 e. The Bertz CT molecular complexity index is 930. The van der Waals surface area contributed by atoms with Crippen molar-refractivity contribution in [2.24, 2.45) is 5.41 Å². The summed E-state index contributed by atoms with van der Waals surface area (Å²) in [5.41, 5.74) is 6.74. The largest absolute Gasteiger partial charge is 0.392 e. The molecule has 3 nitrogen and oxygen atoms in total. The molecule has 0 spiro atoms. The lowest BCUT2D eigenvalue weighted by Gasteiger charge is -2.31. The first-order chi connectivity index (χ1) is 15.2. The number of hydrogen-bond donors (Lipinski definition) is 3. The van der Waals surface area contributed by atoms with Crippen LogP contribution in [-0.2, 0) is 25.0 Å². The summed E-state index contributed by atoms with van der Waals surface area (Å²) in [6.45, 7) is 8.23. The smallest absolute Gasteiger partial charge is 0.0772 e. The number of aryl methyl sites for hydroxylation is 2. The first-order valence-corrected chi connectivity index (χ1v) is 12.0. The fourth-order valence-electron chi connectivity index (χ4n) is 4.93. The average Bonchev–Trinajstić information content (AvgIpc) is 3.26. The number of hydrogen-bond acceptors (Lipinski definition) is 3. The third-order valence-electron chi connectivity index (χ3n) is 7.29. The summed E-state index contributed by atoms with van der Waals surface area (Å²) in [5, 5.41) is 29.4. The van der Waals surface area contributed by atoms with E-state index < -0.39 is 6.10 Å². The minimum absolute atomic E-state index is 0.0348. The van der Waals surface area contributed by atoms with Crippen molar-refractivity contribution in [2.75, 3.05) is 0 Å². The molecule has 1 atom stereocenters. The van der Waals surface area contributed by atoms with Gasteiger partial charge >= 0.3 is 0 Å². The van der Waals surface area contributed by atoms with Crippen molar-refractivity contribution in [3.8, 4) is 0 Å². The average molecular weight is 437 g/mol. The van der Waals surface area contributed by atoms with Gasteiger partial charge < -0.3 is 15.3 Å². The first kappa shape index (κ1) is 24.7. The van der Waals surface area contributed by atoms with E-state index in [0.29, 0.717) is 0 Å². The Morgan fingerprint density at radius 1 is 0.969 bits per heavy atom. The Hall–Kier alpha value is -1.94. The van der Waals surface area contributed by atoms with E-state index in [4.69, 9.17) is 0 Å². The molecule has 1 aliphatic carbocycles. The lowest BCUT2D eigenvalue weighted by Crippen LogP contribution is -2.23. The minimum Gasteiger partial charge on any atom is -0.392 e. The second kappa shape index (κ2) is 10.3. The second-order valence-corrected chi connectivity index (χ2v) is 10.6. The van der Waals surface area contributed by atoms with Crippen molar-refractivity contribution in [3.05, 3.63) is 75.9 Å². The van der Waals surface area contributed by atoms with Crippen LogP contribution in [0.4, 0.5) is 0 Å². The molecule has 3 rings (SSSR count). The molecule has 1 aliphatic rings. The number of aliphatic hydroxyl groups is 3. The van der Waals surface area contributed by atoms with E-state index in [-0.39, 0.29) is 24.0 Å². The third kappa shape index (κ3) is 5.70. The van der Waals surface area contributed by atoms with E-state index >= 15 is 0 Å². The highest BCUT2D eigenvalue weighted by molar-refractivity contribution is 5.55. The molecule has 32 heavy (non-hydrogen) atoms. The zero-order chi connectivity index (χ0) is 23.4. The molecule has 0 radical (unpaired) electrons. The summed E-state index contributed by atoms with van der Waals surface area (Å²) in [5.74, 6) is 0. The summed E-state index contributed by atoms with van der Waals surface area (Å²) < 4.78 is 0. The lowest BCUT2D eigenvalue weighted by atomic mass is 9.74. The second-order valence-electron chi connectivity index (χ2n) is 10.6. The van der Waals surface area contributed by atoms with Crippen LogP contribution < -0.4 is 0 Å². The maximum absolute atomic E-state index is 10.3. The lowest BCUT2D eigenvalue weighted by molar-refractivity contribution is 0.106. The van der Waals surface area contributed by atoms with Crippen LogP contribution in [0.2, 0.25) is 0 Å². The predicted octanol–water partition coefficient (Wildman–Crippen LogP) is 5.84. The number of aliphatic hydroxyl groups excluding tert-OH is 3. The van der Waals surface area contributed by atoms with E-state index in [1.54, 1.807) is 0 Å². The van der Waals surface area contributed by atoms with Crippen molar-refractivity contribution in [3.63, 3.8) is 0 Å². The summed E-state index contributed by atoms with van der Waals surface area (Å²) in [7, 11) is 0. The van der Waals surface area contributed by atoms with E-state index in [9.17, 15) is 15.3 Å². The quantitative estimate of drug-likeness (QED) is 0.487. The Labute approximate surface area is 193 Å². The van der Waals surface area contributed by atoms with Crippen molar-refractivity contribution < 1.29 is 15.3 Å². The Morgan fingerprint density at radius 3 is 2.25 bits per heavy atom. The summed E-state index contributed by atoms with van der Waals surface area (Å²) >= 11 is 0. The zero-order valence-corrected chi connectivity index (χ0v) is 20.2. The molecule has 2 aromatic carbocycles. The fraction of sp³-hybridized carbons (Fsp3) is 0.517. The minimum atomic E-state index is -0.469. The molecule has 0 heterocycles. The summed E-state index contributed by atoms with van der Waals surface area (Å²) in [6, 6.07) is 12.9. The molecule has 3 heteroatoms. The van der Waals surface area contributed by atoms with Gasteiger partial charge in [-0.2, -0.15) is 0 Å². The van der Waals surface area contributed by atoms with Gasteiger partial charge in [0, 0.05) is 0 Å². The Morgan fingerprint density at radius 2 is 1.66 bits per heavy atom. The van der Waals surface area contributed by atoms with E-state index in [1.165, 1.54) is 42.4 Å². The van der Waals surface area contributed by atoms with E-state index in [2.05, 4.69) is 37.3 Å². The standard InChI is InChI=1S/C29H40O3/c1-21-17-26(11-9-23(21)10-12-27(32)28(2,3)4)29(14-5-6-15-29)16-13-22-7-8-24(19-30)25(18-22)20-31/h7-12,17-18,27,30-32H,5-6,13-16,19-20H2,1-4H3/b12-10+. The maximum atomic E-state index is 10.3. The van der Waals surface area contributed by atoms with E-state index in [1.807, 2.05) is 39.0 Å². The van der Waals surface area contributed by atoms with Gasteiger partial charge in [0.25, 0.3) is 0 Å². The number of rotatable bonds is 8. The molecular formula is C29H40O3. The molecule has 3 N–H and O–H groups in total. The van der Waals surface area contributed by atoms with Gasteiger partial charge in [-0.25, -0.2) is 0 Å². The molecule has 0 aliphatic heterocycles. The van der Waals surface area contributed by atoms with Crippen molar-refractivity contribution >= 4 is 6.08 Å². The normalized spacial score (nSPS) is 17.2. The predicted molar refractivity (Wildman–Crippen MR) is 132 cm³/mol. The van der Waals surface area contributed by atoms with Gasteiger partial charge in [0.05, 0.1) is 19.3 Å². The first-order valence-electron chi connectivity index (χ1n) is 12.0. The van der Waals surface area contributed by atoms with Crippen LogP contribution >= 0.6 is 0 Å². The molecule has 0 aromatic heterocycles. The molecule has 1 unspecified atom stereocenters. The van der Waals surface area contributed by atoms with Crippen molar-refractivity contribution in [1.82, 2.24) is 0 Å². The highest BCUT2D eigenvalue weighted by Crippen LogP contribution is 2.45. The van der Waals surface area contributed by atoms with Gasteiger partial charge in [0.15, 0.2) is 0 Å². The SMILES string of the molecule is Cc1cc(C2(CCc3ccc(CO)c(CO)c3)CCCC2)ccc1/C=C/C(O)C(C)(C)C. The number of benzene rings is 2. The molecule has 2 aromatic rings. The molecule has 1 saturated carbocycles. The monoisotopic (exact) mass is 436 g/mol. The van der Waals surface area contributed by atoms with Gasteiger partial charge in [-0.3, -0.25) is 0 Å². The van der Waals surface area contributed by atoms with Crippen LogP contribution in [0.5, 0.6) is 0 Å². The van der Waals surface area contributed by atoms with Crippen LogP contribution in [0.3, 0.4) is 0 Å². The molecular weight excluding hydrogens is 396 g/mol. The van der Waals surface area contributed by atoms with Gasteiger partial charge in [-0.15, -0.1) is 0 Å². The Kier molecular flexibility index (Phi) is 7.97. The van der Waals surface area contributed by atoms with Crippen LogP contribution in [0.1, 0.15) is 86.3 Å². The van der Waals surface area contributed by atoms with Gasteiger partial charge in [-0.1, -0.05) is 82.2 Å². The molecule has 0 amide bonds. The molecule has 174 valence electrons. The summed E-state index contributed by atoms with van der Waals surface area (Å²) in [4.78, 5) is 0. The van der Waals surface area contributed by atoms with Crippen LogP contribution in [0, 0.1) is 12.3 Å². The fourth-order valence-corrected chi connectivity index (χ4v) is 4.93. The molecule has 0 saturated heterocycles. The van der Waals surface area contributed by atoms with Crippen LogP contribution in [0.25, 0.3) is 6.08 Å². The van der Waals surface area contributed by atoms with Gasteiger partial charge in [0.2, 0.25) is 0 Å². The van der Waals surface area contributed by atoms with E-state index in [0.717, 1.165) is 29.5 Å². The molecule has 0 bridgehead atoms.